The first kappa shape index (κ1) is 7.76. The van der Waals surface area contributed by atoms with E-state index >= 15 is 0 Å². The van der Waals surface area contributed by atoms with Crippen LogP contribution >= 0.6 is 15.9 Å². The van der Waals surface area contributed by atoms with Gasteiger partial charge in [0.2, 0.25) is 0 Å². The molecule has 1 aliphatic rings. The topological polar surface area (TPSA) is 44.6 Å². The third kappa shape index (κ3) is 1.35. The van der Waals surface area contributed by atoms with Gasteiger partial charge in [0.15, 0.2) is 6.23 Å². The molecule has 0 aliphatic carbocycles. The van der Waals surface area contributed by atoms with Gasteiger partial charge in [-0.15, -0.1) is 0 Å². The fourth-order valence-corrected chi connectivity index (χ4v) is 1.43. The number of nitrogens with one attached hydrogen (secondary N) is 1. The van der Waals surface area contributed by atoms with Gasteiger partial charge in [0.25, 0.3) is 0 Å². The number of aliphatic hydroxyl groups is 1. The van der Waals surface area contributed by atoms with Crippen LogP contribution < -0.4 is 5.32 Å². The zero-order valence-corrected chi connectivity index (χ0v) is 7.75. The molecule has 1 aliphatic heterocycles. The Morgan fingerprint density at radius 2 is 2.33 bits per heavy atom. The molecule has 0 saturated carbocycles. The highest BCUT2D eigenvalue weighted by Gasteiger charge is 2.09. The fraction of sp³-hybridized carbons (Fsp3) is 0.125. The molecule has 1 heterocycles. The highest BCUT2D eigenvalue weighted by atomic mass is 79.9. The van der Waals surface area contributed by atoms with Gasteiger partial charge in [-0.3, -0.25) is 4.99 Å². The van der Waals surface area contributed by atoms with E-state index in [0.717, 1.165) is 15.8 Å². The summed E-state index contributed by atoms with van der Waals surface area (Å²) in [6, 6.07) is 5.67. The van der Waals surface area contributed by atoms with E-state index in [2.05, 4.69) is 26.2 Å². The fourth-order valence-electron chi connectivity index (χ4n) is 1.08. The second-order valence-electron chi connectivity index (χ2n) is 2.53. The number of halogens is 1. The summed E-state index contributed by atoms with van der Waals surface area (Å²) in [7, 11) is 0. The molecule has 1 unspecified atom stereocenters. The highest BCUT2D eigenvalue weighted by Crippen LogP contribution is 2.30. The summed E-state index contributed by atoms with van der Waals surface area (Å²) in [6.45, 7) is 0. The Hall–Kier alpha value is -0.870. The van der Waals surface area contributed by atoms with Crippen molar-refractivity contribution < 1.29 is 5.11 Å². The summed E-state index contributed by atoms with van der Waals surface area (Å²) in [6.07, 6.45) is 0.799. The van der Waals surface area contributed by atoms with E-state index < -0.39 is 6.23 Å². The molecule has 1 atom stereocenters. The zero-order chi connectivity index (χ0) is 8.55. The molecule has 1 aromatic carbocycles. The molecule has 3 nitrogen and oxygen atoms in total. The number of aliphatic hydroxyl groups excluding tert-OH is 1. The van der Waals surface area contributed by atoms with Gasteiger partial charge in [-0.2, -0.15) is 0 Å². The zero-order valence-electron chi connectivity index (χ0n) is 6.16. The van der Waals surface area contributed by atoms with E-state index in [0.29, 0.717) is 0 Å². The van der Waals surface area contributed by atoms with E-state index in [9.17, 15) is 0 Å². The number of benzene rings is 1. The Morgan fingerprint density at radius 1 is 1.50 bits per heavy atom. The predicted octanol–water partition coefficient (Wildman–Crippen LogP) is 1.90. The average molecular weight is 227 g/mol. The van der Waals surface area contributed by atoms with E-state index in [1.807, 2.05) is 18.2 Å². The van der Waals surface area contributed by atoms with Gasteiger partial charge in [-0.05, 0) is 18.2 Å². The van der Waals surface area contributed by atoms with Crippen LogP contribution in [0.3, 0.4) is 0 Å². The van der Waals surface area contributed by atoms with Crippen LogP contribution in [0.25, 0.3) is 0 Å². The summed E-state index contributed by atoms with van der Waals surface area (Å²) < 4.78 is 0.983. The maximum Gasteiger partial charge on any atom is 0.161 e. The predicted molar refractivity (Wildman–Crippen MR) is 51.9 cm³/mol. The van der Waals surface area contributed by atoms with Crippen molar-refractivity contribution in [2.45, 2.75) is 6.23 Å². The molecular formula is C8H7BrN2O. The minimum Gasteiger partial charge on any atom is -0.369 e. The Bertz CT molecular complexity index is 338. The van der Waals surface area contributed by atoms with Crippen molar-refractivity contribution in [3.05, 3.63) is 22.7 Å². The van der Waals surface area contributed by atoms with Crippen molar-refractivity contribution in [1.29, 1.82) is 0 Å². The van der Waals surface area contributed by atoms with Crippen molar-refractivity contribution >= 4 is 33.5 Å². The lowest BCUT2D eigenvalue weighted by Gasteiger charge is -2.16. The Morgan fingerprint density at radius 3 is 3.17 bits per heavy atom. The number of aliphatic imine (C=N–C) groups is 1. The van der Waals surface area contributed by atoms with Gasteiger partial charge in [0.1, 0.15) is 0 Å². The molecule has 0 aromatic heterocycles. The second-order valence-corrected chi connectivity index (χ2v) is 3.44. The van der Waals surface area contributed by atoms with Crippen LogP contribution in [0.5, 0.6) is 0 Å². The first-order chi connectivity index (χ1) is 5.75. The standard InChI is InChI=1S/C8H7BrN2O/c9-5-1-2-6-7(3-5)10-4-8(12)11-6/h1-4,8,11-12H. The Kier molecular flexibility index (Phi) is 1.86. The van der Waals surface area contributed by atoms with Gasteiger partial charge in [0, 0.05) is 4.47 Å². The lowest BCUT2D eigenvalue weighted by Crippen LogP contribution is -2.22. The number of fused-ring (bicyclic) bond motifs is 1. The van der Waals surface area contributed by atoms with Crippen LogP contribution in [0.4, 0.5) is 11.4 Å². The van der Waals surface area contributed by atoms with Crippen molar-refractivity contribution in [1.82, 2.24) is 0 Å². The number of anilines is 1. The summed E-state index contributed by atoms with van der Waals surface area (Å²) in [5.41, 5.74) is 1.70. The van der Waals surface area contributed by atoms with Gasteiger partial charge in [-0.25, -0.2) is 0 Å². The third-order valence-electron chi connectivity index (χ3n) is 1.62. The minimum atomic E-state index is -0.668. The molecule has 0 saturated heterocycles. The summed E-state index contributed by atoms with van der Waals surface area (Å²) in [4.78, 5) is 4.07. The molecule has 0 amide bonds. The van der Waals surface area contributed by atoms with Crippen molar-refractivity contribution in [3.63, 3.8) is 0 Å². The van der Waals surface area contributed by atoms with Crippen LogP contribution in [0.15, 0.2) is 27.7 Å². The molecule has 62 valence electrons. The number of hydrogen-bond acceptors (Lipinski definition) is 3. The SMILES string of the molecule is OC1C=Nc2cc(Br)ccc2N1. The maximum absolute atomic E-state index is 9.15. The summed E-state index contributed by atoms with van der Waals surface area (Å²) in [5.74, 6) is 0. The molecule has 0 spiro atoms. The molecule has 0 radical (unpaired) electrons. The van der Waals surface area contributed by atoms with Crippen LogP contribution in [-0.2, 0) is 0 Å². The first-order valence-corrected chi connectivity index (χ1v) is 4.33. The molecule has 2 rings (SSSR count). The molecule has 0 bridgehead atoms. The van der Waals surface area contributed by atoms with Gasteiger partial charge < -0.3 is 10.4 Å². The average Bonchev–Trinajstić information content (AvgIpc) is 2.05. The van der Waals surface area contributed by atoms with E-state index in [4.69, 9.17) is 5.11 Å². The van der Waals surface area contributed by atoms with E-state index in [-0.39, 0.29) is 0 Å². The lowest BCUT2D eigenvalue weighted by atomic mass is 10.2. The molecule has 12 heavy (non-hydrogen) atoms. The lowest BCUT2D eigenvalue weighted by molar-refractivity contribution is 0.274. The van der Waals surface area contributed by atoms with Crippen molar-refractivity contribution in [2.24, 2.45) is 4.99 Å². The molecule has 1 aromatic rings. The normalized spacial score (nSPS) is 20.0. The van der Waals surface area contributed by atoms with Crippen LogP contribution in [-0.4, -0.2) is 17.5 Å². The number of rotatable bonds is 0. The number of hydrogen-bond donors (Lipinski definition) is 2. The van der Waals surface area contributed by atoms with Crippen LogP contribution in [0, 0.1) is 0 Å². The monoisotopic (exact) mass is 226 g/mol. The smallest absolute Gasteiger partial charge is 0.161 e. The molecular weight excluding hydrogens is 220 g/mol. The second kappa shape index (κ2) is 2.88. The van der Waals surface area contributed by atoms with Gasteiger partial charge in [0.05, 0.1) is 17.6 Å². The first-order valence-electron chi connectivity index (χ1n) is 3.54. The largest absolute Gasteiger partial charge is 0.369 e. The van der Waals surface area contributed by atoms with E-state index in [1.54, 1.807) is 0 Å². The minimum absolute atomic E-state index is 0.668. The summed E-state index contributed by atoms with van der Waals surface area (Å²) in [5, 5.41) is 12.0. The summed E-state index contributed by atoms with van der Waals surface area (Å²) >= 11 is 3.34. The Balaban J connectivity index is 2.47. The van der Waals surface area contributed by atoms with Crippen LogP contribution in [0.1, 0.15) is 0 Å². The highest BCUT2D eigenvalue weighted by molar-refractivity contribution is 9.10. The molecule has 4 heteroatoms. The van der Waals surface area contributed by atoms with Gasteiger partial charge in [-0.1, -0.05) is 15.9 Å². The van der Waals surface area contributed by atoms with Gasteiger partial charge >= 0.3 is 0 Å². The van der Waals surface area contributed by atoms with Crippen LogP contribution in [0.2, 0.25) is 0 Å². The van der Waals surface area contributed by atoms with E-state index in [1.165, 1.54) is 6.21 Å². The molecule has 0 fully saturated rings. The number of nitrogens with zero attached hydrogens (tertiary/aromatic N) is 1. The third-order valence-corrected chi connectivity index (χ3v) is 2.11. The maximum atomic E-state index is 9.15. The molecule has 2 N–H and O–H groups in total. The van der Waals surface area contributed by atoms with Crippen molar-refractivity contribution in [2.75, 3.05) is 5.32 Å². The Labute approximate surface area is 78.3 Å². The van der Waals surface area contributed by atoms with Crippen molar-refractivity contribution in [3.8, 4) is 0 Å². The quantitative estimate of drug-likeness (QED) is 0.710.